The molecule has 1 saturated heterocycles. The molecule has 0 bridgehead atoms. The van der Waals surface area contributed by atoms with Crippen molar-refractivity contribution in [2.75, 3.05) is 29.5 Å². The maximum absolute atomic E-state index is 11.4. The number of halogens is 1. The van der Waals surface area contributed by atoms with Crippen LogP contribution in [0.3, 0.4) is 0 Å². The minimum Gasteiger partial charge on any atom is -0.353 e. The summed E-state index contributed by atoms with van der Waals surface area (Å²) in [5.74, 6) is 0.867. The van der Waals surface area contributed by atoms with Gasteiger partial charge in [-0.2, -0.15) is 9.97 Å². The van der Waals surface area contributed by atoms with Crippen molar-refractivity contribution in [2.45, 2.75) is 0 Å². The first-order valence-corrected chi connectivity index (χ1v) is 7.57. The van der Waals surface area contributed by atoms with Crippen LogP contribution in [0.15, 0.2) is 6.33 Å². The van der Waals surface area contributed by atoms with Crippen molar-refractivity contribution >= 4 is 38.4 Å². The van der Waals surface area contributed by atoms with Gasteiger partial charge in [-0.05, 0) is 11.6 Å². The van der Waals surface area contributed by atoms with E-state index in [1.54, 1.807) is 0 Å². The van der Waals surface area contributed by atoms with Crippen LogP contribution in [-0.2, 0) is 9.84 Å². The number of hydrogen-bond acceptors (Lipinski definition) is 6. The van der Waals surface area contributed by atoms with Crippen molar-refractivity contribution in [2.24, 2.45) is 0 Å². The monoisotopic (exact) mass is 287 g/mol. The normalized spacial score (nSPS) is 19.3. The average molecular weight is 288 g/mol. The number of rotatable bonds is 1. The number of H-pyrrole nitrogens is 1. The molecule has 0 aromatic carbocycles. The zero-order chi connectivity index (χ0) is 12.8. The average Bonchev–Trinajstić information content (AvgIpc) is 2.76. The number of anilines is 1. The van der Waals surface area contributed by atoms with Gasteiger partial charge in [-0.15, -0.1) is 0 Å². The highest BCUT2D eigenvalue weighted by Crippen LogP contribution is 2.23. The molecule has 0 amide bonds. The second kappa shape index (κ2) is 4.06. The number of nitrogens with zero attached hydrogens (tertiary/aromatic N) is 4. The lowest BCUT2D eigenvalue weighted by Crippen LogP contribution is -2.40. The zero-order valence-electron chi connectivity index (χ0n) is 9.30. The van der Waals surface area contributed by atoms with Gasteiger partial charge in [-0.25, -0.2) is 13.4 Å². The lowest BCUT2D eigenvalue weighted by Gasteiger charge is -2.27. The fraction of sp³-hybridized carbons (Fsp3) is 0.444. The molecule has 1 aliphatic rings. The SMILES string of the molecule is O=S1(=O)CCN(c2nc(Cl)nc3nc[nH]c23)CC1. The molecule has 0 radical (unpaired) electrons. The Morgan fingerprint density at radius 3 is 2.72 bits per heavy atom. The first-order valence-electron chi connectivity index (χ1n) is 5.37. The van der Waals surface area contributed by atoms with Crippen LogP contribution in [0.4, 0.5) is 5.82 Å². The molecule has 0 unspecified atom stereocenters. The summed E-state index contributed by atoms with van der Waals surface area (Å²) in [6.45, 7) is 0.813. The molecule has 0 aliphatic carbocycles. The predicted octanol–water partition coefficient (Wildman–Crippen LogP) is 0.241. The van der Waals surface area contributed by atoms with Crippen LogP contribution in [0.1, 0.15) is 0 Å². The lowest BCUT2D eigenvalue weighted by atomic mass is 10.4. The van der Waals surface area contributed by atoms with Crippen molar-refractivity contribution in [1.29, 1.82) is 0 Å². The number of sulfone groups is 1. The third-order valence-corrected chi connectivity index (χ3v) is 4.66. The molecule has 9 heteroatoms. The highest BCUT2D eigenvalue weighted by atomic mass is 35.5. The summed E-state index contributed by atoms with van der Waals surface area (Å²) in [6, 6.07) is 0. The molecular weight excluding hydrogens is 278 g/mol. The van der Waals surface area contributed by atoms with E-state index in [0.29, 0.717) is 30.1 Å². The van der Waals surface area contributed by atoms with Gasteiger partial charge in [0.25, 0.3) is 0 Å². The first kappa shape index (κ1) is 11.7. The van der Waals surface area contributed by atoms with Gasteiger partial charge in [0.2, 0.25) is 5.28 Å². The van der Waals surface area contributed by atoms with Crippen LogP contribution in [0, 0.1) is 0 Å². The number of aromatic amines is 1. The van der Waals surface area contributed by atoms with Crippen LogP contribution in [0.5, 0.6) is 0 Å². The molecule has 3 heterocycles. The van der Waals surface area contributed by atoms with Gasteiger partial charge in [0.1, 0.15) is 5.52 Å². The van der Waals surface area contributed by atoms with Crippen LogP contribution in [0.2, 0.25) is 5.28 Å². The predicted molar refractivity (Wildman–Crippen MR) is 67.6 cm³/mol. The molecule has 0 atom stereocenters. The molecule has 3 rings (SSSR count). The smallest absolute Gasteiger partial charge is 0.226 e. The van der Waals surface area contributed by atoms with Gasteiger partial charge in [0, 0.05) is 13.1 Å². The Kier molecular flexibility index (Phi) is 2.63. The van der Waals surface area contributed by atoms with Crippen LogP contribution >= 0.6 is 11.6 Å². The Labute approximate surface area is 108 Å². The second-order valence-corrected chi connectivity index (χ2v) is 6.70. The van der Waals surface area contributed by atoms with E-state index in [1.807, 2.05) is 4.90 Å². The van der Waals surface area contributed by atoms with Crippen LogP contribution < -0.4 is 4.90 Å². The van der Waals surface area contributed by atoms with Gasteiger partial charge in [-0.1, -0.05) is 0 Å². The summed E-state index contributed by atoms with van der Waals surface area (Å²) in [6.07, 6.45) is 1.51. The zero-order valence-corrected chi connectivity index (χ0v) is 10.9. The maximum Gasteiger partial charge on any atom is 0.226 e. The van der Waals surface area contributed by atoms with Crippen molar-refractivity contribution in [3.05, 3.63) is 11.6 Å². The van der Waals surface area contributed by atoms with Gasteiger partial charge in [-0.3, -0.25) is 0 Å². The van der Waals surface area contributed by atoms with Crippen molar-refractivity contribution in [1.82, 2.24) is 19.9 Å². The van der Waals surface area contributed by atoms with Crippen molar-refractivity contribution in [3.63, 3.8) is 0 Å². The summed E-state index contributed by atoms with van der Waals surface area (Å²) >= 11 is 5.83. The molecule has 0 spiro atoms. The molecule has 1 aliphatic heterocycles. The Bertz CT molecular complexity index is 684. The largest absolute Gasteiger partial charge is 0.353 e. The third kappa shape index (κ3) is 2.01. The number of aromatic nitrogens is 4. The summed E-state index contributed by atoms with van der Waals surface area (Å²) in [7, 11) is -2.92. The maximum atomic E-state index is 11.4. The molecule has 2 aromatic heterocycles. The fourth-order valence-electron chi connectivity index (χ4n) is 1.95. The summed E-state index contributed by atoms with van der Waals surface area (Å²) in [5, 5.41) is 0.109. The van der Waals surface area contributed by atoms with Crippen molar-refractivity contribution in [3.8, 4) is 0 Å². The minimum atomic E-state index is -2.92. The Hall–Kier alpha value is -1.41. The molecule has 1 N–H and O–H groups in total. The molecule has 18 heavy (non-hydrogen) atoms. The van der Waals surface area contributed by atoms with E-state index in [9.17, 15) is 8.42 Å². The standard InChI is InChI=1S/C9H10ClN5O2S/c10-9-13-7-6(11-5-12-7)8(14-9)15-1-3-18(16,17)4-2-15/h5H,1-4H2,(H,11,12,13,14). The number of hydrogen-bond donors (Lipinski definition) is 1. The fourth-order valence-corrected chi connectivity index (χ4v) is 3.31. The topological polar surface area (TPSA) is 91.8 Å². The van der Waals surface area contributed by atoms with E-state index >= 15 is 0 Å². The van der Waals surface area contributed by atoms with E-state index in [-0.39, 0.29) is 16.8 Å². The van der Waals surface area contributed by atoms with E-state index in [1.165, 1.54) is 6.33 Å². The van der Waals surface area contributed by atoms with Gasteiger partial charge in [0.15, 0.2) is 21.3 Å². The Balaban J connectivity index is 2.02. The van der Waals surface area contributed by atoms with E-state index in [2.05, 4.69) is 19.9 Å². The highest BCUT2D eigenvalue weighted by molar-refractivity contribution is 7.91. The first-order chi connectivity index (χ1) is 8.55. The Morgan fingerprint density at radius 1 is 1.28 bits per heavy atom. The number of fused-ring (bicyclic) bond motifs is 1. The summed E-state index contributed by atoms with van der Waals surface area (Å²) in [5.41, 5.74) is 1.16. The van der Waals surface area contributed by atoms with Gasteiger partial charge in [0.05, 0.1) is 17.8 Å². The molecular formula is C9H10ClN5O2S. The lowest BCUT2D eigenvalue weighted by molar-refractivity contribution is 0.586. The Morgan fingerprint density at radius 2 is 2.00 bits per heavy atom. The summed E-state index contributed by atoms with van der Waals surface area (Å²) in [4.78, 5) is 17.0. The molecule has 96 valence electrons. The van der Waals surface area contributed by atoms with E-state index < -0.39 is 9.84 Å². The van der Waals surface area contributed by atoms with Gasteiger partial charge < -0.3 is 9.88 Å². The van der Waals surface area contributed by atoms with Gasteiger partial charge >= 0.3 is 0 Å². The van der Waals surface area contributed by atoms with Crippen LogP contribution in [0.25, 0.3) is 11.2 Å². The highest BCUT2D eigenvalue weighted by Gasteiger charge is 2.24. The number of nitrogens with one attached hydrogen (secondary N) is 1. The minimum absolute atomic E-state index is 0.109. The quantitative estimate of drug-likeness (QED) is 0.756. The molecule has 0 saturated carbocycles. The van der Waals surface area contributed by atoms with E-state index in [4.69, 9.17) is 11.6 Å². The van der Waals surface area contributed by atoms with Crippen LogP contribution in [-0.4, -0.2) is 52.9 Å². The molecule has 7 nitrogen and oxygen atoms in total. The van der Waals surface area contributed by atoms with E-state index in [0.717, 1.165) is 0 Å². The molecule has 2 aromatic rings. The number of imidazole rings is 1. The third-order valence-electron chi connectivity index (χ3n) is 2.88. The summed E-state index contributed by atoms with van der Waals surface area (Å²) < 4.78 is 22.8. The molecule has 1 fully saturated rings. The second-order valence-electron chi connectivity index (χ2n) is 4.06. The van der Waals surface area contributed by atoms with Crippen molar-refractivity contribution < 1.29 is 8.42 Å².